The van der Waals surface area contributed by atoms with Gasteiger partial charge in [0.2, 0.25) is 0 Å². The van der Waals surface area contributed by atoms with E-state index < -0.39 is 17.9 Å². The smallest absolute Gasteiger partial charge is 0.348 e. The van der Waals surface area contributed by atoms with Gasteiger partial charge >= 0.3 is 17.9 Å². The minimum absolute atomic E-state index is 0.271. The predicted molar refractivity (Wildman–Crippen MR) is 116 cm³/mol. The molecule has 0 atom stereocenters. The van der Waals surface area contributed by atoms with Crippen molar-refractivity contribution in [3.05, 3.63) is 79.6 Å². The van der Waals surface area contributed by atoms with E-state index in [0.29, 0.717) is 42.4 Å². The van der Waals surface area contributed by atoms with Gasteiger partial charge in [-0.1, -0.05) is 13.2 Å². The molecule has 0 radical (unpaired) electrons. The lowest BCUT2D eigenvalue weighted by molar-refractivity contribution is -0.140. The Kier molecular flexibility index (Phi) is 10.0. The lowest BCUT2D eigenvalue weighted by Gasteiger charge is -2.09. The number of carbonyl (C=O) groups is 3. The van der Waals surface area contributed by atoms with E-state index in [0.717, 1.165) is 18.8 Å². The van der Waals surface area contributed by atoms with Gasteiger partial charge in [0.05, 0.1) is 25.0 Å². The van der Waals surface area contributed by atoms with Crippen molar-refractivity contribution in [1.29, 1.82) is 0 Å². The topological polar surface area (TPSA) is 97.4 Å². The Bertz CT molecular complexity index is 916. The summed E-state index contributed by atoms with van der Waals surface area (Å²) in [6, 6.07) is 12.8. The largest absolute Gasteiger partial charge is 0.494 e. The zero-order valence-corrected chi connectivity index (χ0v) is 17.5. The van der Waals surface area contributed by atoms with Gasteiger partial charge in [0.15, 0.2) is 6.61 Å². The van der Waals surface area contributed by atoms with E-state index in [-0.39, 0.29) is 6.61 Å². The standard InChI is InChI=1S/C24H24O8/c1-3-22(25)30-16-6-5-15-29-19-11-13-21(14-12-19)32-24(27)18-7-9-20(10-8-18)31-17-23(26)28-4-2/h3-4,7-14H,1-2,5-6,15-17H2. The first-order valence-electron chi connectivity index (χ1n) is 9.79. The molecule has 32 heavy (non-hydrogen) atoms. The lowest BCUT2D eigenvalue weighted by atomic mass is 10.2. The van der Waals surface area contributed by atoms with Gasteiger partial charge in [-0.25, -0.2) is 14.4 Å². The Morgan fingerprint density at radius 3 is 2.03 bits per heavy atom. The van der Waals surface area contributed by atoms with Gasteiger partial charge in [-0.2, -0.15) is 0 Å². The molecule has 0 heterocycles. The third-order valence-corrected chi connectivity index (χ3v) is 3.91. The predicted octanol–water partition coefficient (Wildman–Crippen LogP) is 3.86. The molecule has 2 rings (SSSR count). The number of ether oxygens (including phenoxy) is 5. The van der Waals surface area contributed by atoms with Crippen molar-refractivity contribution in [2.24, 2.45) is 0 Å². The normalized spacial score (nSPS) is 9.88. The molecule has 8 nitrogen and oxygen atoms in total. The molecule has 2 aromatic carbocycles. The van der Waals surface area contributed by atoms with Gasteiger partial charge in [0, 0.05) is 6.08 Å². The molecule has 0 aliphatic carbocycles. The van der Waals surface area contributed by atoms with Gasteiger partial charge in [-0.15, -0.1) is 0 Å². The maximum atomic E-state index is 12.3. The second-order valence-electron chi connectivity index (χ2n) is 6.26. The van der Waals surface area contributed by atoms with E-state index >= 15 is 0 Å². The second-order valence-corrected chi connectivity index (χ2v) is 6.26. The number of benzene rings is 2. The molecule has 0 saturated heterocycles. The number of hydrogen-bond donors (Lipinski definition) is 0. The molecule has 2 aromatic rings. The van der Waals surface area contributed by atoms with Crippen LogP contribution in [0.15, 0.2) is 74.0 Å². The van der Waals surface area contributed by atoms with Crippen LogP contribution in [0, 0.1) is 0 Å². The van der Waals surface area contributed by atoms with Crippen molar-refractivity contribution in [2.75, 3.05) is 19.8 Å². The van der Waals surface area contributed by atoms with E-state index in [9.17, 15) is 14.4 Å². The Hall–Kier alpha value is -4.07. The monoisotopic (exact) mass is 440 g/mol. The number of esters is 3. The molecule has 0 aliphatic heterocycles. The second kappa shape index (κ2) is 13.3. The summed E-state index contributed by atoms with van der Waals surface area (Å²) in [5, 5.41) is 0. The van der Waals surface area contributed by atoms with Crippen molar-refractivity contribution < 1.29 is 38.1 Å². The molecule has 0 bridgehead atoms. The Labute approximate surface area is 186 Å². The van der Waals surface area contributed by atoms with Crippen LogP contribution in [0.1, 0.15) is 23.2 Å². The van der Waals surface area contributed by atoms with E-state index in [1.807, 2.05) is 0 Å². The average molecular weight is 440 g/mol. The first-order chi connectivity index (χ1) is 15.5. The van der Waals surface area contributed by atoms with E-state index in [4.69, 9.17) is 18.9 Å². The quantitative estimate of drug-likeness (QED) is 0.152. The van der Waals surface area contributed by atoms with Crippen molar-refractivity contribution in [3.8, 4) is 17.2 Å². The maximum Gasteiger partial charge on any atom is 0.348 e. The highest BCUT2D eigenvalue weighted by atomic mass is 16.6. The molecule has 168 valence electrons. The van der Waals surface area contributed by atoms with Gasteiger partial charge in [-0.3, -0.25) is 0 Å². The molecule has 0 aliphatic rings. The van der Waals surface area contributed by atoms with Crippen LogP contribution in [0.4, 0.5) is 0 Å². The summed E-state index contributed by atoms with van der Waals surface area (Å²) < 4.78 is 25.6. The summed E-state index contributed by atoms with van der Waals surface area (Å²) in [6.45, 7) is 7.12. The van der Waals surface area contributed by atoms with Crippen LogP contribution in [-0.2, 0) is 19.1 Å². The molecular weight excluding hydrogens is 416 g/mol. The van der Waals surface area contributed by atoms with Crippen molar-refractivity contribution >= 4 is 17.9 Å². The van der Waals surface area contributed by atoms with Crippen LogP contribution in [0.3, 0.4) is 0 Å². The van der Waals surface area contributed by atoms with Gasteiger partial charge in [0.25, 0.3) is 0 Å². The Morgan fingerprint density at radius 1 is 0.781 bits per heavy atom. The number of rotatable bonds is 13. The highest BCUT2D eigenvalue weighted by Crippen LogP contribution is 2.20. The van der Waals surface area contributed by atoms with Crippen LogP contribution in [-0.4, -0.2) is 37.7 Å². The highest BCUT2D eigenvalue weighted by molar-refractivity contribution is 5.91. The van der Waals surface area contributed by atoms with Gasteiger partial charge in [0.1, 0.15) is 17.2 Å². The van der Waals surface area contributed by atoms with E-state index in [1.54, 1.807) is 36.4 Å². The number of hydrogen-bond acceptors (Lipinski definition) is 8. The Balaban J connectivity index is 1.74. The third-order valence-electron chi connectivity index (χ3n) is 3.91. The van der Waals surface area contributed by atoms with E-state index in [1.165, 1.54) is 12.1 Å². The van der Waals surface area contributed by atoms with Crippen LogP contribution in [0.25, 0.3) is 0 Å². The number of unbranched alkanes of at least 4 members (excludes halogenated alkanes) is 1. The Morgan fingerprint density at radius 2 is 1.38 bits per heavy atom. The fourth-order valence-corrected chi connectivity index (χ4v) is 2.35. The highest BCUT2D eigenvalue weighted by Gasteiger charge is 2.10. The fourth-order valence-electron chi connectivity index (χ4n) is 2.35. The molecule has 0 amide bonds. The first kappa shape index (κ1) is 24.2. The average Bonchev–Trinajstić information content (AvgIpc) is 2.81. The van der Waals surface area contributed by atoms with Crippen LogP contribution < -0.4 is 14.2 Å². The van der Waals surface area contributed by atoms with Crippen LogP contribution in [0.2, 0.25) is 0 Å². The van der Waals surface area contributed by atoms with E-state index in [2.05, 4.69) is 17.9 Å². The van der Waals surface area contributed by atoms with Gasteiger partial charge in [-0.05, 0) is 61.4 Å². The zero-order valence-electron chi connectivity index (χ0n) is 17.5. The lowest BCUT2D eigenvalue weighted by Crippen LogP contribution is -2.12. The molecule has 0 spiro atoms. The maximum absolute atomic E-state index is 12.3. The minimum atomic E-state index is -0.579. The molecule has 0 N–H and O–H groups in total. The first-order valence-corrected chi connectivity index (χ1v) is 9.79. The van der Waals surface area contributed by atoms with Crippen molar-refractivity contribution in [2.45, 2.75) is 12.8 Å². The van der Waals surface area contributed by atoms with Gasteiger partial charge < -0.3 is 23.7 Å². The van der Waals surface area contributed by atoms with Crippen molar-refractivity contribution in [1.82, 2.24) is 0 Å². The summed E-state index contributed by atoms with van der Waals surface area (Å²) in [5.74, 6) is -0.153. The van der Waals surface area contributed by atoms with Crippen LogP contribution in [0.5, 0.6) is 17.2 Å². The minimum Gasteiger partial charge on any atom is -0.494 e. The molecule has 0 unspecified atom stereocenters. The molecular formula is C24H24O8. The van der Waals surface area contributed by atoms with Crippen molar-refractivity contribution in [3.63, 3.8) is 0 Å². The fraction of sp³-hybridized carbons (Fsp3) is 0.208. The molecule has 0 aromatic heterocycles. The van der Waals surface area contributed by atoms with Crippen LogP contribution >= 0.6 is 0 Å². The summed E-state index contributed by atoms with van der Waals surface area (Å²) in [6.07, 6.45) is 3.55. The summed E-state index contributed by atoms with van der Waals surface area (Å²) >= 11 is 0. The molecule has 0 saturated carbocycles. The zero-order chi connectivity index (χ0) is 23.2. The summed E-state index contributed by atoms with van der Waals surface area (Å²) in [5.41, 5.74) is 0.323. The summed E-state index contributed by atoms with van der Waals surface area (Å²) in [4.78, 5) is 34.4. The molecule has 0 fully saturated rings. The SMILES string of the molecule is C=COC(=O)COc1ccc(C(=O)Oc2ccc(OCCCCOC(=O)C=C)cc2)cc1. The molecule has 8 heteroatoms. The summed E-state index contributed by atoms with van der Waals surface area (Å²) in [7, 11) is 0. The third kappa shape index (κ3) is 8.74. The number of carbonyl (C=O) groups excluding carboxylic acids is 3.